The first-order valence-electron chi connectivity index (χ1n) is 4.75. The van der Waals surface area contributed by atoms with Crippen molar-refractivity contribution in [2.24, 2.45) is 5.73 Å². The average molecular weight is 214 g/mol. The molecule has 0 fully saturated rings. The van der Waals surface area contributed by atoms with Gasteiger partial charge in [0.05, 0.1) is 6.54 Å². The number of carboxylic acids is 1. The van der Waals surface area contributed by atoms with Crippen LogP contribution < -0.4 is 5.73 Å². The van der Waals surface area contributed by atoms with Gasteiger partial charge in [-0.1, -0.05) is 5.57 Å². The molecule has 1 amide bonds. The molecule has 5 nitrogen and oxygen atoms in total. The molecule has 0 rings (SSSR count). The summed E-state index contributed by atoms with van der Waals surface area (Å²) in [6.45, 7) is 6.15. The standard InChI is InChI=1S/C10H18N2O3/c1-7(2)12(6-9(11)13)5-8(3)4-10(14)15/h4,7H,5-6H2,1-3H3,(H2,11,13)(H,14,15). The van der Waals surface area contributed by atoms with Gasteiger partial charge < -0.3 is 10.8 Å². The Kier molecular flexibility index (Phi) is 5.62. The minimum atomic E-state index is -0.977. The predicted molar refractivity (Wildman–Crippen MR) is 57.3 cm³/mol. The van der Waals surface area contributed by atoms with Gasteiger partial charge in [0.2, 0.25) is 5.91 Å². The van der Waals surface area contributed by atoms with Crippen LogP contribution in [0, 0.1) is 0 Å². The topological polar surface area (TPSA) is 83.6 Å². The first-order chi connectivity index (χ1) is 6.82. The third kappa shape index (κ3) is 6.68. The van der Waals surface area contributed by atoms with Gasteiger partial charge in [0.25, 0.3) is 0 Å². The lowest BCUT2D eigenvalue weighted by molar-refractivity contribution is -0.131. The highest BCUT2D eigenvalue weighted by Crippen LogP contribution is 2.03. The van der Waals surface area contributed by atoms with E-state index >= 15 is 0 Å². The van der Waals surface area contributed by atoms with Crippen molar-refractivity contribution < 1.29 is 14.7 Å². The van der Waals surface area contributed by atoms with Crippen LogP contribution in [0.25, 0.3) is 0 Å². The van der Waals surface area contributed by atoms with Crippen molar-refractivity contribution in [2.75, 3.05) is 13.1 Å². The molecule has 15 heavy (non-hydrogen) atoms. The molecule has 0 aromatic carbocycles. The molecule has 0 aromatic rings. The van der Waals surface area contributed by atoms with Gasteiger partial charge in [-0.05, 0) is 20.8 Å². The summed E-state index contributed by atoms with van der Waals surface area (Å²) in [5.41, 5.74) is 5.78. The molecule has 0 unspecified atom stereocenters. The Morgan fingerprint density at radius 2 is 1.93 bits per heavy atom. The van der Waals surface area contributed by atoms with Gasteiger partial charge in [-0.3, -0.25) is 9.69 Å². The minimum absolute atomic E-state index is 0.141. The predicted octanol–water partition coefficient (Wildman–Crippen LogP) is 0.213. The summed E-state index contributed by atoms with van der Waals surface area (Å²) in [6.07, 6.45) is 1.14. The molecule has 0 saturated carbocycles. The zero-order valence-electron chi connectivity index (χ0n) is 9.36. The number of carboxylic acid groups (broad SMARTS) is 1. The van der Waals surface area contributed by atoms with Gasteiger partial charge in [0.15, 0.2) is 0 Å². The van der Waals surface area contributed by atoms with Gasteiger partial charge in [-0.25, -0.2) is 4.79 Å². The normalized spacial score (nSPS) is 12.2. The first-order valence-corrected chi connectivity index (χ1v) is 4.75. The number of nitrogens with zero attached hydrogens (tertiary/aromatic N) is 1. The lowest BCUT2D eigenvalue weighted by Gasteiger charge is -2.24. The van der Waals surface area contributed by atoms with E-state index in [-0.39, 0.29) is 12.6 Å². The molecule has 3 N–H and O–H groups in total. The second kappa shape index (κ2) is 6.19. The molecule has 0 aromatic heterocycles. The molecule has 0 spiro atoms. The lowest BCUT2D eigenvalue weighted by atomic mass is 10.2. The van der Waals surface area contributed by atoms with Gasteiger partial charge in [-0.15, -0.1) is 0 Å². The number of nitrogens with two attached hydrogens (primary N) is 1. The Morgan fingerprint density at radius 3 is 2.27 bits per heavy atom. The summed E-state index contributed by atoms with van der Waals surface area (Å²) in [7, 11) is 0. The number of amides is 1. The average Bonchev–Trinajstić information content (AvgIpc) is 1.99. The molecule has 0 bridgehead atoms. The SMILES string of the molecule is CC(=CC(=O)O)CN(CC(N)=O)C(C)C. The van der Waals surface area contributed by atoms with E-state index in [9.17, 15) is 9.59 Å². The summed E-state index contributed by atoms with van der Waals surface area (Å²) in [5.74, 6) is -1.39. The van der Waals surface area contributed by atoms with Crippen molar-refractivity contribution in [3.63, 3.8) is 0 Å². The highest BCUT2D eigenvalue weighted by atomic mass is 16.4. The summed E-state index contributed by atoms with van der Waals surface area (Å²) in [6, 6.07) is 0.148. The molecule has 0 aliphatic carbocycles. The Balaban J connectivity index is 4.41. The van der Waals surface area contributed by atoms with E-state index in [0.29, 0.717) is 12.1 Å². The van der Waals surface area contributed by atoms with E-state index < -0.39 is 11.9 Å². The third-order valence-electron chi connectivity index (χ3n) is 1.91. The maximum absolute atomic E-state index is 10.8. The maximum Gasteiger partial charge on any atom is 0.328 e. The van der Waals surface area contributed by atoms with E-state index in [1.165, 1.54) is 0 Å². The molecular weight excluding hydrogens is 196 g/mol. The number of primary amides is 1. The third-order valence-corrected chi connectivity index (χ3v) is 1.91. The van der Waals surface area contributed by atoms with E-state index in [1.807, 2.05) is 18.7 Å². The number of carbonyl (C=O) groups excluding carboxylic acids is 1. The zero-order valence-corrected chi connectivity index (χ0v) is 9.36. The van der Waals surface area contributed by atoms with Crippen molar-refractivity contribution in [1.29, 1.82) is 0 Å². The highest BCUT2D eigenvalue weighted by molar-refractivity contribution is 5.80. The van der Waals surface area contributed by atoms with Gasteiger partial charge in [0, 0.05) is 18.7 Å². The van der Waals surface area contributed by atoms with Crippen LogP contribution >= 0.6 is 0 Å². The van der Waals surface area contributed by atoms with E-state index in [4.69, 9.17) is 10.8 Å². The van der Waals surface area contributed by atoms with E-state index in [2.05, 4.69) is 0 Å². The molecule has 0 saturated heterocycles. The first kappa shape index (κ1) is 13.6. The molecule has 0 heterocycles. The maximum atomic E-state index is 10.8. The molecule has 0 aliphatic heterocycles. The number of aliphatic carboxylic acids is 1. The Morgan fingerprint density at radius 1 is 1.40 bits per heavy atom. The van der Waals surface area contributed by atoms with E-state index in [1.54, 1.807) is 6.92 Å². The van der Waals surface area contributed by atoms with Crippen LogP contribution in [0.15, 0.2) is 11.6 Å². The van der Waals surface area contributed by atoms with Crippen LogP contribution in [-0.4, -0.2) is 41.0 Å². The van der Waals surface area contributed by atoms with Crippen molar-refractivity contribution >= 4 is 11.9 Å². The Hall–Kier alpha value is -1.36. The smallest absolute Gasteiger partial charge is 0.328 e. The Labute approximate surface area is 89.6 Å². The van der Waals surface area contributed by atoms with Crippen LogP contribution in [0.3, 0.4) is 0 Å². The molecule has 0 atom stereocenters. The monoisotopic (exact) mass is 214 g/mol. The second-order valence-electron chi connectivity index (χ2n) is 3.79. The summed E-state index contributed by atoms with van der Waals surface area (Å²) >= 11 is 0. The summed E-state index contributed by atoms with van der Waals surface area (Å²) in [5, 5.41) is 8.53. The summed E-state index contributed by atoms with van der Waals surface area (Å²) < 4.78 is 0. The fourth-order valence-electron chi connectivity index (χ4n) is 1.20. The van der Waals surface area contributed by atoms with Crippen LogP contribution in [0.2, 0.25) is 0 Å². The molecule has 0 aliphatic rings. The van der Waals surface area contributed by atoms with Crippen LogP contribution in [0.1, 0.15) is 20.8 Å². The van der Waals surface area contributed by atoms with Crippen LogP contribution in [0.5, 0.6) is 0 Å². The number of hydrogen-bond acceptors (Lipinski definition) is 3. The zero-order chi connectivity index (χ0) is 12.0. The molecular formula is C10H18N2O3. The second-order valence-corrected chi connectivity index (χ2v) is 3.79. The Bertz CT molecular complexity index is 272. The van der Waals surface area contributed by atoms with Crippen molar-refractivity contribution in [1.82, 2.24) is 4.90 Å². The van der Waals surface area contributed by atoms with Crippen molar-refractivity contribution in [2.45, 2.75) is 26.8 Å². The van der Waals surface area contributed by atoms with Gasteiger partial charge >= 0.3 is 5.97 Å². The highest BCUT2D eigenvalue weighted by Gasteiger charge is 2.12. The fourth-order valence-corrected chi connectivity index (χ4v) is 1.20. The molecule has 86 valence electrons. The van der Waals surface area contributed by atoms with Gasteiger partial charge in [-0.2, -0.15) is 0 Å². The summed E-state index contributed by atoms with van der Waals surface area (Å²) in [4.78, 5) is 23.0. The number of carbonyl (C=O) groups is 2. The number of rotatable bonds is 6. The quantitative estimate of drug-likeness (QED) is 0.619. The van der Waals surface area contributed by atoms with Crippen LogP contribution in [0.4, 0.5) is 0 Å². The van der Waals surface area contributed by atoms with E-state index in [0.717, 1.165) is 6.08 Å². The van der Waals surface area contributed by atoms with Crippen molar-refractivity contribution in [3.05, 3.63) is 11.6 Å². The van der Waals surface area contributed by atoms with Gasteiger partial charge in [0.1, 0.15) is 0 Å². The molecule has 5 heteroatoms. The van der Waals surface area contributed by atoms with Crippen LogP contribution in [-0.2, 0) is 9.59 Å². The number of hydrogen-bond donors (Lipinski definition) is 2. The fraction of sp³-hybridized carbons (Fsp3) is 0.600. The largest absolute Gasteiger partial charge is 0.478 e. The van der Waals surface area contributed by atoms with Crippen molar-refractivity contribution in [3.8, 4) is 0 Å². The minimum Gasteiger partial charge on any atom is -0.478 e. The lowest BCUT2D eigenvalue weighted by Crippen LogP contribution is -2.39. The molecule has 0 radical (unpaired) electrons.